The van der Waals surface area contributed by atoms with Crippen LogP contribution < -0.4 is 0 Å². The highest BCUT2D eigenvalue weighted by molar-refractivity contribution is 5.38. The van der Waals surface area contributed by atoms with Gasteiger partial charge in [0.25, 0.3) is 0 Å². The van der Waals surface area contributed by atoms with Crippen LogP contribution in [0.1, 0.15) is 30.3 Å². The number of ether oxygens (including phenoxy) is 1. The monoisotopic (exact) mass is 261 g/mol. The zero-order valence-corrected chi connectivity index (χ0v) is 10.4. The van der Waals surface area contributed by atoms with Crippen LogP contribution in [-0.4, -0.2) is 31.8 Å². The fourth-order valence-corrected chi connectivity index (χ4v) is 2.33. The van der Waals surface area contributed by atoms with Gasteiger partial charge in [0.2, 0.25) is 0 Å². The maximum Gasteiger partial charge on any atom is 0.115 e. The molecule has 19 heavy (non-hydrogen) atoms. The van der Waals surface area contributed by atoms with Gasteiger partial charge in [0.1, 0.15) is 17.5 Å². The van der Waals surface area contributed by atoms with Crippen molar-refractivity contribution in [2.24, 2.45) is 0 Å². The molecule has 2 aromatic rings. The van der Waals surface area contributed by atoms with Crippen LogP contribution in [0.3, 0.4) is 0 Å². The zero-order chi connectivity index (χ0) is 13.2. The minimum absolute atomic E-state index is 0.0778. The molecule has 1 unspecified atom stereocenters. The van der Waals surface area contributed by atoms with E-state index in [1.807, 2.05) is 0 Å². The molecule has 0 spiro atoms. The third-order valence-electron chi connectivity index (χ3n) is 3.26. The van der Waals surface area contributed by atoms with Crippen LogP contribution >= 0.6 is 0 Å². The van der Waals surface area contributed by atoms with Crippen molar-refractivity contribution in [3.63, 3.8) is 0 Å². The lowest BCUT2D eigenvalue weighted by Gasteiger charge is -2.13. The van der Waals surface area contributed by atoms with E-state index in [1.165, 1.54) is 0 Å². The molecule has 0 amide bonds. The van der Waals surface area contributed by atoms with Crippen molar-refractivity contribution >= 4 is 0 Å². The molecular formula is C13H15N3O3. The number of phenolic OH excluding ortho intramolecular Hbond substituents is 1. The summed E-state index contributed by atoms with van der Waals surface area (Å²) in [5.41, 5.74) is 2.13. The lowest BCUT2D eigenvalue weighted by atomic mass is 10.1. The van der Waals surface area contributed by atoms with Crippen LogP contribution in [0.2, 0.25) is 0 Å². The van der Waals surface area contributed by atoms with E-state index in [9.17, 15) is 10.2 Å². The highest BCUT2D eigenvalue weighted by Gasteiger charge is 2.26. The van der Waals surface area contributed by atoms with Gasteiger partial charge in [0.05, 0.1) is 18.0 Å². The van der Waals surface area contributed by atoms with Crippen molar-refractivity contribution in [2.45, 2.75) is 25.6 Å². The second-order valence-corrected chi connectivity index (χ2v) is 4.51. The minimum atomic E-state index is -0.159. The molecule has 2 heterocycles. The van der Waals surface area contributed by atoms with Gasteiger partial charge in [-0.15, -0.1) is 5.10 Å². The number of aliphatic hydroxyl groups is 1. The molecule has 1 atom stereocenters. The Hall–Kier alpha value is -1.92. The van der Waals surface area contributed by atoms with E-state index in [0.29, 0.717) is 5.69 Å². The Kier molecular flexibility index (Phi) is 3.18. The van der Waals surface area contributed by atoms with E-state index in [0.717, 1.165) is 30.8 Å². The van der Waals surface area contributed by atoms with Gasteiger partial charge >= 0.3 is 0 Å². The summed E-state index contributed by atoms with van der Waals surface area (Å²) in [6, 6.07) is 6.69. The van der Waals surface area contributed by atoms with Crippen molar-refractivity contribution < 1.29 is 14.9 Å². The molecular weight excluding hydrogens is 246 g/mol. The van der Waals surface area contributed by atoms with Crippen LogP contribution in [0.25, 0.3) is 5.69 Å². The summed E-state index contributed by atoms with van der Waals surface area (Å²) in [5.74, 6) is 0.199. The Labute approximate surface area is 110 Å². The SMILES string of the molecule is OCc1nnn(-c2ccc(O)cc2)c1C1CCCO1. The predicted octanol–water partition coefficient (Wildman–Crippen LogP) is 1.32. The topological polar surface area (TPSA) is 80.4 Å². The second-order valence-electron chi connectivity index (χ2n) is 4.51. The largest absolute Gasteiger partial charge is 0.508 e. The first kappa shape index (κ1) is 12.1. The van der Waals surface area contributed by atoms with Gasteiger partial charge in [-0.05, 0) is 37.1 Å². The Morgan fingerprint density at radius 2 is 2.11 bits per heavy atom. The van der Waals surface area contributed by atoms with Gasteiger partial charge < -0.3 is 14.9 Å². The van der Waals surface area contributed by atoms with Gasteiger partial charge in [-0.2, -0.15) is 0 Å². The number of hydrogen-bond acceptors (Lipinski definition) is 5. The average molecular weight is 261 g/mol. The molecule has 6 heteroatoms. The van der Waals surface area contributed by atoms with Crippen LogP contribution in [-0.2, 0) is 11.3 Å². The molecule has 3 rings (SSSR count). The summed E-state index contributed by atoms with van der Waals surface area (Å²) in [5, 5.41) is 26.8. The standard InChI is InChI=1S/C13H15N3O3/c17-8-11-13(12-2-1-7-19-12)16(15-14-11)9-3-5-10(18)6-4-9/h3-6,12,17-18H,1-2,7-8H2. The summed E-state index contributed by atoms with van der Waals surface area (Å²) in [6.45, 7) is 0.559. The lowest BCUT2D eigenvalue weighted by molar-refractivity contribution is 0.104. The molecule has 6 nitrogen and oxygen atoms in total. The first-order chi connectivity index (χ1) is 9.29. The maximum absolute atomic E-state index is 9.37. The van der Waals surface area contributed by atoms with Gasteiger partial charge in [-0.3, -0.25) is 0 Å². The number of phenols is 1. The average Bonchev–Trinajstić information content (AvgIpc) is 3.07. The lowest BCUT2D eigenvalue weighted by Crippen LogP contribution is -2.09. The molecule has 1 fully saturated rings. The number of aromatic nitrogens is 3. The molecule has 0 radical (unpaired) electrons. The molecule has 0 aliphatic carbocycles. The Balaban J connectivity index is 2.05. The summed E-state index contributed by atoms with van der Waals surface area (Å²) in [6.07, 6.45) is 1.82. The maximum atomic E-state index is 9.37. The fraction of sp³-hybridized carbons (Fsp3) is 0.385. The number of benzene rings is 1. The molecule has 1 saturated heterocycles. The normalized spacial score (nSPS) is 18.9. The van der Waals surface area contributed by atoms with Crippen LogP contribution in [0.15, 0.2) is 24.3 Å². The molecule has 1 aliphatic rings. The van der Waals surface area contributed by atoms with Gasteiger partial charge in [0.15, 0.2) is 0 Å². The first-order valence-electron chi connectivity index (χ1n) is 6.26. The predicted molar refractivity (Wildman–Crippen MR) is 66.9 cm³/mol. The van der Waals surface area contributed by atoms with Crippen LogP contribution in [0.5, 0.6) is 5.75 Å². The Bertz CT molecular complexity index is 559. The van der Waals surface area contributed by atoms with Crippen molar-refractivity contribution in [3.8, 4) is 11.4 Å². The number of hydrogen-bond donors (Lipinski definition) is 2. The Morgan fingerprint density at radius 1 is 1.32 bits per heavy atom. The molecule has 0 bridgehead atoms. The van der Waals surface area contributed by atoms with Crippen molar-refractivity contribution in [1.29, 1.82) is 0 Å². The number of rotatable bonds is 3. The fourth-order valence-electron chi connectivity index (χ4n) is 2.33. The number of aliphatic hydroxyl groups excluding tert-OH is 1. The molecule has 100 valence electrons. The minimum Gasteiger partial charge on any atom is -0.508 e. The summed E-state index contributed by atoms with van der Waals surface area (Å²) < 4.78 is 7.33. The molecule has 1 aromatic carbocycles. The molecule has 1 aromatic heterocycles. The molecule has 1 aliphatic heterocycles. The van der Waals surface area contributed by atoms with E-state index in [4.69, 9.17) is 4.74 Å². The third-order valence-corrected chi connectivity index (χ3v) is 3.26. The quantitative estimate of drug-likeness (QED) is 0.871. The van der Waals surface area contributed by atoms with Crippen molar-refractivity contribution in [3.05, 3.63) is 35.7 Å². The highest BCUT2D eigenvalue weighted by Crippen LogP contribution is 2.31. The summed E-state index contributed by atoms with van der Waals surface area (Å²) in [4.78, 5) is 0. The number of nitrogens with zero attached hydrogens (tertiary/aromatic N) is 3. The summed E-state index contributed by atoms with van der Waals surface area (Å²) in [7, 11) is 0. The van der Waals surface area contributed by atoms with Crippen LogP contribution in [0.4, 0.5) is 0 Å². The second kappa shape index (κ2) is 4.99. The molecule has 0 saturated carbocycles. The van der Waals surface area contributed by atoms with E-state index >= 15 is 0 Å². The smallest absolute Gasteiger partial charge is 0.115 e. The zero-order valence-electron chi connectivity index (χ0n) is 10.4. The van der Waals surface area contributed by atoms with Gasteiger partial charge in [0, 0.05) is 6.61 Å². The van der Waals surface area contributed by atoms with Crippen molar-refractivity contribution in [1.82, 2.24) is 15.0 Å². The van der Waals surface area contributed by atoms with E-state index in [1.54, 1.807) is 28.9 Å². The van der Waals surface area contributed by atoms with E-state index < -0.39 is 0 Å². The number of aromatic hydroxyl groups is 1. The van der Waals surface area contributed by atoms with Crippen molar-refractivity contribution in [2.75, 3.05) is 6.61 Å². The Morgan fingerprint density at radius 3 is 2.74 bits per heavy atom. The van der Waals surface area contributed by atoms with E-state index in [2.05, 4.69) is 10.3 Å². The van der Waals surface area contributed by atoms with Crippen LogP contribution in [0, 0.1) is 0 Å². The highest BCUT2D eigenvalue weighted by atomic mass is 16.5. The van der Waals surface area contributed by atoms with Gasteiger partial charge in [-0.25, -0.2) is 4.68 Å². The molecule has 2 N–H and O–H groups in total. The summed E-state index contributed by atoms with van der Waals surface area (Å²) >= 11 is 0. The third kappa shape index (κ3) is 2.20. The van der Waals surface area contributed by atoms with E-state index in [-0.39, 0.29) is 18.5 Å². The van der Waals surface area contributed by atoms with Gasteiger partial charge in [-0.1, -0.05) is 5.21 Å². The first-order valence-corrected chi connectivity index (χ1v) is 6.26.